The van der Waals surface area contributed by atoms with E-state index in [0.717, 1.165) is 11.1 Å². The van der Waals surface area contributed by atoms with Gasteiger partial charge < -0.3 is 14.8 Å². The summed E-state index contributed by atoms with van der Waals surface area (Å²) < 4.78 is 10.3. The third kappa shape index (κ3) is 5.78. The number of nitrogens with one attached hydrogen (secondary N) is 2. The van der Waals surface area contributed by atoms with E-state index in [0.29, 0.717) is 10.8 Å². The SMILES string of the molecule is CNC(=O)NC(=O)[C@@H](C)OC(=O)COc1c(C)cc(Cl)cc1C. The molecule has 126 valence electrons. The molecule has 2 N–H and O–H groups in total. The van der Waals surface area contributed by atoms with Gasteiger partial charge in [0.05, 0.1) is 0 Å². The summed E-state index contributed by atoms with van der Waals surface area (Å²) >= 11 is 5.92. The molecule has 0 unspecified atom stereocenters. The van der Waals surface area contributed by atoms with Gasteiger partial charge in [0.2, 0.25) is 0 Å². The third-order valence-corrected chi connectivity index (χ3v) is 3.12. The Morgan fingerprint density at radius 2 is 1.78 bits per heavy atom. The Labute approximate surface area is 139 Å². The first-order valence-electron chi connectivity index (χ1n) is 6.86. The maximum Gasteiger partial charge on any atom is 0.344 e. The molecule has 0 heterocycles. The lowest BCUT2D eigenvalue weighted by Gasteiger charge is -2.15. The zero-order valence-electron chi connectivity index (χ0n) is 13.4. The normalized spacial score (nSPS) is 11.3. The predicted molar refractivity (Wildman–Crippen MR) is 84.6 cm³/mol. The average Bonchev–Trinajstić information content (AvgIpc) is 2.45. The molecule has 0 bridgehead atoms. The van der Waals surface area contributed by atoms with Crippen molar-refractivity contribution in [1.82, 2.24) is 10.6 Å². The Kier molecular flexibility index (Phi) is 6.84. The molecule has 0 aliphatic rings. The Hall–Kier alpha value is -2.28. The average molecular weight is 343 g/mol. The molecular formula is C15H19ClN2O5. The Morgan fingerprint density at radius 3 is 2.30 bits per heavy atom. The second-order valence-corrected chi connectivity index (χ2v) is 5.29. The highest BCUT2D eigenvalue weighted by Gasteiger charge is 2.20. The van der Waals surface area contributed by atoms with Crippen LogP contribution in [0.3, 0.4) is 0 Å². The molecule has 0 aromatic heterocycles. The van der Waals surface area contributed by atoms with Gasteiger partial charge in [-0.1, -0.05) is 11.6 Å². The van der Waals surface area contributed by atoms with Crippen LogP contribution in [0.1, 0.15) is 18.1 Å². The molecule has 1 aromatic carbocycles. The number of hydrogen-bond donors (Lipinski definition) is 2. The van der Waals surface area contributed by atoms with E-state index >= 15 is 0 Å². The van der Waals surface area contributed by atoms with E-state index in [1.807, 2.05) is 5.32 Å². The molecule has 0 fully saturated rings. The van der Waals surface area contributed by atoms with E-state index < -0.39 is 24.0 Å². The molecule has 0 radical (unpaired) electrons. The molecule has 0 aliphatic heterocycles. The summed E-state index contributed by atoms with van der Waals surface area (Å²) in [6.07, 6.45) is -1.11. The highest BCUT2D eigenvalue weighted by molar-refractivity contribution is 6.30. The van der Waals surface area contributed by atoms with Crippen LogP contribution in [-0.4, -0.2) is 37.7 Å². The fraction of sp³-hybridized carbons (Fsp3) is 0.400. The van der Waals surface area contributed by atoms with Gasteiger partial charge in [-0.25, -0.2) is 9.59 Å². The zero-order valence-corrected chi connectivity index (χ0v) is 14.1. The molecule has 1 rings (SSSR count). The third-order valence-electron chi connectivity index (χ3n) is 2.90. The number of urea groups is 1. The van der Waals surface area contributed by atoms with Gasteiger partial charge in [-0.2, -0.15) is 0 Å². The molecule has 23 heavy (non-hydrogen) atoms. The van der Waals surface area contributed by atoms with Crippen molar-refractivity contribution in [3.8, 4) is 5.75 Å². The van der Waals surface area contributed by atoms with Crippen molar-refractivity contribution in [2.75, 3.05) is 13.7 Å². The van der Waals surface area contributed by atoms with Gasteiger partial charge in [0.1, 0.15) is 5.75 Å². The molecule has 0 aliphatic carbocycles. The molecule has 1 atom stereocenters. The van der Waals surface area contributed by atoms with Gasteiger partial charge in [0.25, 0.3) is 5.91 Å². The van der Waals surface area contributed by atoms with Crippen LogP contribution in [0.2, 0.25) is 5.02 Å². The van der Waals surface area contributed by atoms with E-state index in [1.165, 1.54) is 14.0 Å². The summed E-state index contributed by atoms with van der Waals surface area (Å²) in [7, 11) is 1.36. The standard InChI is InChI=1S/C15H19ClN2O5/c1-8-5-11(16)6-9(2)13(8)22-7-12(19)23-10(3)14(20)18-15(21)17-4/h5-6,10H,7H2,1-4H3,(H2,17,18,20,21)/t10-/m1/s1. The van der Waals surface area contributed by atoms with Crippen LogP contribution in [0.4, 0.5) is 4.79 Å². The number of rotatable bonds is 5. The highest BCUT2D eigenvalue weighted by Crippen LogP contribution is 2.26. The fourth-order valence-corrected chi connectivity index (χ4v) is 2.14. The van der Waals surface area contributed by atoms with Crippen LogP contribution in [0, 0.1) is 13.8 Å². The summed E-state index contributed by atoms with van der Waals surface area (Å²) in [6.45, 7) is 4.60. The van der Waals surface area contributed by atoms with E-state index in [1.54, 1.807) is 26.0 Å². The summed E-state index contributed by atoms with van der Waals surface area (Å²) in [4.78, 5) is 34.3. The minimum atomic E-state index is -1.11. The molecule has 8 heteroatoms. The minimum absolute atomic E-state index is 0.360. The predicted octanol–water partition coefficient (Wildman–Crippen LogP) is 1.72. The first-order chi connectivity index (χ1) is 10.7. The first-order valence-corrected chi connectivity index (χ1v) is 7.24. The summed E-state index contributed by atoms with van der Waals surface area (Å²) in [6, 6.07) is 2.75. The van der Waals surface area contributed by atoms with Crippen molar-refractivity contribution >= 4 is 29.5 Å². The van der Waals surface area contributed by atoms with E-state index in [9.17, 15) is 14.4 Å². The summed E-state index contributed by atoms with van der Waals surface area (Å²) in [5, 5.41) is 4.81. The molecule has 7 nitrogen and oxygen atoms in total. The number of carbonyl (C=O) groups is 3. The number of hydrogen-bond acceptors (Lipinski definition) is 5. The van der Waals surface area contributed by atoms with Gasteiger partial charge in [0, 0.05) is 12.1 Å². The number of imide groups is 1. The summed E-state index contributed by atoms with van der Waals surface area (Å²) in [5.74, 6) is -0.913. The van der Waals surface area contributed by atoms with Crippen LogP contribution in [0.5, 0.6) is 5.75 Å². The molecule has 0 saturated carbocycles. The lowest BCUT2D eigenvalue weighted by Crippen LogP contribution is -2.43. The molecule has 0 spiro atoms. The highest BCUT2D eigenvalue weighted by atomic mass is 35.5. The van der Waals surface area contributed by atoms with Crippen LogP contribution in [0.15, 0.2) is 12.1 Å². The second kappa shape index (κ2) is 8.38. The minimum Gasteiger partial charge on any atom is -0.481 e. The van der Waals surface area contributed by atoms with Crippen molar-refractivity contribution in [3.63, 3.8) is 0 Å². The quantitative estimate of drug-likeness (QED) is 0.795. The lowest BCUT2D eigenvalue weighted by molar-refractivity contribution is -0.156. The van der Waals surface area contributed by atoms with Gasteiger partial charge >= 0.3 is 12.0 Å². The van der Waals surface area contributed by atoms with Crippen molar-refractivity contribution in [3.05, 3.63) is 28.3 Å². The summed E-state index contributed by atoms with van der Waals surface area (Å²) in [5.41, 5.74) is 1.57. The molecule has 1 aromatic rings. The van der Waals surface area contributed by atoms with E-state index in [4.69, 9.17) is 21.1 Å². The maximum absolute atomic E-state index is 11.7. The molecular weight excluding hydrogens is 324 g/mol. The number of aryl methyl sites for hydroxylation is 2. The second-order valence-electron chi connectivity index (χ2n) is 4.86. The Bertz CT molecular complexity index is 595. The van der Waals surface area contributed by atoms with Crippen molar-refractivity contribution in [2.45, 2.75) is 26.9 Å². The van der Waals surface area contributed by atoms with E-state index in [2.05, 4.69) is 5.32 Å². The largest absolute Gasteiger partial charge is 0.481 e. The number of carbonyl (C=O) groups excluding carboxylic acids is 3. The van der Waals surface area contributed by atoms with E-state index in [-0.39, 0.29) is 6.61 Å². The van der Waals surface area contributed by atoms with Crippen LogP contribution < -0.4 is 15.4 Å². The number of esters is 1. The number of amides is 3. The lowest BCUT2D eigenvalue weighted by atomic mass is 10.1. The van der Waals surface area contributed by atoms with Crippen molar-refractivity contribution < 1.29 is 23.9 Å². The fourth-order valence-electron chi connectivity index (χ4n) is 1.82. The zero-order chi connectivity index (χ0) is 17.6. The number of halogens is 1. The topological polar surface area (TPSA) is 93.7 Å². The van der Waals surface area contributed by atoms with Gasteiger partial charge in [-0.15, -0.1) is 0 Å². The first kappa shape index (κ1) is 18.8. The number of benzene rings is 1. The Balaban J connectivity index is 2.55. The van der Waals surface area contributed by atoms with Gasteiger partial charge in [-0.3, -0.25) is 10.1 Å². The number of ether oxygens (including phenoxy) is 2. The monoisotopic (exact) mass is 342 g/mol. The van der Waals surface area contributed by atoms with Crippen molar-refractivity contribution in [2.24, 2.45) is 0 Å². The smallest absolute Gasteiger partial charge is 0.344 e. The maximum atomic E-state index is 11.7. The van der Waals surface area contributed by atoms with Gasteiger partial charge in [-0.05, 0) is 44.0 Å². The van der Waals surface area contributed by atoms with Gasteiger partial charge in [0.15, 0.2) is 12.7 Å². The molecule has 0 saturated heterocycles. The van der Waals surface area contributed by atoms with Crippen LogP contribution in [0.25, 0.3) is 0 Å². The van der Waals surface area contributed by atoms with Crippen LogP contribution in [-0.2, 0) is 14.3 Å². The Morgan fingerprint density at radius 1 is 1.22 bits per heavy atom. The van der Waals surface area contributed by atoms with Crippen LogP contribution >= 0.6 is 11.6 Å². The van der Waals surface area contributed by atoms with Crippen molar-refractivity contribution in [1.29, 1.82) is 0 Å². The molecule has 3 amide bonds.